The first kappa shape index (κ1) is 14.5. The first-order valence-corrected chi connectivity index (χ1v) is 7.59. The number of alkyl halides is 1. The smallest absolute Gasteiger partial charge is 0.207 e. The highest BCUT2D eigenvalue weighted by atomic mass is 79.9. The summed E-state index contributed by atoms with van der Waals surface area (Å²) in [6.45, 7) is 0.329. The summed E-state index contributed by atoms with van der Waals surface area (Å²) in [5, 5.41) is 9.39. The van der Waals surface area contributed by atoms with Gasteiger partial charge in [0.15, 0.2) is 0 Å². The van der Waals surface area contributed by atoms with Gasteiger partial charge in [-0.15, -0.1) is 0 Å². The molecule has 0 spiro atoms. The van der Waals surface area contributed by atoms with Crippen LogP contribution in [0.25, 0.3) is 0 Å². The normalized spacial score (nSPS) is 11.5. The minimum Gasteiger partial charge on any atom is -0.207 e. The third kappa shape index (κ3) is 3.19. The fraction of sp³-hybridized carbons (Fsp3) is 0.300. The van der Waals surface area contributed by atoms with E-state index in [-0.39, 0.29) is 15.5 Å². The van der Waals surface area contributed by atoms with Crippen molar-refractivity contribution in [3.63, 3.8) is 0 Å². The second kappa shape index (κ2) is 5.83. The lowest BCUT2D eigenvalue weighted by atomic mass is 10.2. The molecule has 0 fully saturated rings. The molecule has 92 valence electrons. The third-order valence-electron chi connectivity index (χ3n) is 2.15. The van der Waals surface area contributed by atoms with E-state index in [9.17, 15) is 8.42 Å². The molecule has 1 rings (SSSR count). The van der Waals surface area contributed by atoms with E-state index in [1.807, 2.05) is 6.07 Å². The first-order chi connectivity index (χ1) is 7.93. The van der Waals surface area contributed by atoms with E-state index in [1.54, 1.807) is 0 Å². The molecule has 0 radical (unpaired) electrons. The Hall–Kier alpha value is -0.610. The molecule has 0 aliphatic carbocycles. The summed E-state index contributed by atoms with van der Waals surface area (Å²) in [5.74, 6) is 0. The Labute approximate surface area is 114 Å². The van der Waals surface area contributed by atoms with E-state index >= 15 is 0 Å². The molecule has 0 aromatic heterocycles. The van der Waals surface area contributed by atoms with Gasteiger partial charge in [0.1, 0.15) is 4.90 Å². The van der Waals surface area contributed by atoms with Gasteiger partial charge in [-0.25, -0.2) is 12.7 Å². The van der Waals surface area contributed by atoms with Crippen molar-refractivity contribution >= 4 is 37.6 Å². The van der Waals surface area contributed by atoms with Crippen LogP contribution in [-0.2, 0) is 10.0 Å². The lowest BCUT2D eigenvalue weighted by Gasteiger charge is -2.16. The van der Waals surface area contributed by atoms with Crippen molar-refractivity contribution in [3.05, 3.63) is 28.8 Å². The first-order valence-electron chi connectivity index (χ1n) is 4.65. The zero-order chi connectivity index (χ0) is 13.1. The van der Waals surface area contributed by atoms with Crippen LogP contribution >= 0.6 is 27.5 Å². The van der Waals surface area contributed by atoms with Crippen LogP contribution in [0.15, 0.2) is 23.1 Å². The maximum atomic E-state index is 12.1. The maximum absolute atomic E-state index is 12.1. The molecule has 1 aromatic rings. The van der Waals surface area contributed by atoms with Gasteiger partial charge in [-0.2, -0.15) is 5.26 Å². The van der Waals surface area contributed by atoms with Crippen LogP contribution in [0.1, 0.15) is 5.56 Å². The number of nitrogens with zero attached hydrogens (tertiary/aromatic N) is 2. The molecule has 0 atom stereocenters. The molecule has 0 unspecified atom stereocenters. The number of hydrogen-bond donors (Lipinski definition) is 0. The van der Waals surface area contributed by atoms with Crippen LogP contribution in [0.3, 0.4) is 0 Å². The highest BCUT2D eigenvalue weighted by Crippen LogP contribution is 2.25. The predicted molar refractivity (Wildman–Crippen MR) is 69.8 cm³/mol. The van der Waals surface area contributed by atoms with Gasteiger partial charge in [0.25, 0.3) is 0 Å². The third-order valence-corrected chi connectivity index (χ3v) is 4.84. The lowest BCUT2D eigenvalue weighted by Crippen LogP contribution is -2.28. The molecular weight excluding hydrogens is 328 g/mol. The van der Waals surface area contributed by atoms with Gasteiger partial charge < -0.3 is 0 Å². The van der Waals surface area contributed by atoms with Gasteiger partial charge in [0.05, 0.1) is 16.7 Å². The number of sulfonamides is 1. The lowest BCUT2D eigenvalue weighted by molar-refractivity contribution is 0.489. The van der Waals surface area contributed by atoms with Crippen molar-refractivity contribution < 1.29 is 8.42 Å². The van der Waals surface area contributed by atoms with Gasteiger partial charge >= 0.3 is 0 Å². The molecule has 0 N–H and O–H groups in total. The zero-order valence-electron chi connectivity index (χ0n) is 9.02. The molecule has 4 nitrogen and oxygen atoms in total. The Morgan fingerprint density at radius 2 is 2.18 bits per heavy atom. The second-order valence-corrected chi connectivity index (χ2v) is 6.49. The summed E-state index contributed by atoms with van der Waals surface area (Å²) in [7, 11) is -2.18. The molecule has 0 heterocycles. The van der Waals surface area contributed by atoms with Crippen LogP contribution in [-0.4, -0.2) is 31.6 Å². The molecule has 0 amide bonds. The summed E-state index contributed by atoms with van der Waals surface area (Å²) in [6, 6.07) is 6.06. The van der Waals surface area contributed by atoms with Crippen molar-refractivity contribution in [3.8, 4) is 6.07 Å². The van der Waals surface area contributed by atoms with Gasteiger partial charge in [-0.05, 0) is 18.2 Å². The molecule has 0 aliphatic rings. The van der Waals surface area contributed by atoms with Crippen molar-refractivity contribution in [2.75, 3.05) is 18.9 Å². The molecule has 17 heavy (non-hydrogen) atoms. The number of benzene rings is 1. The minimum atomic E-state index is -3.64. The standard InChI is InChI=1S/C10H10BrClN2O2S/c1-14(5-4-11)17(15,16)10-6-8(7-13)2-3-9(10)12/h2-3,6H,4-5H2,1H3. The summed E-state index contributed by atoms with van der Waals surface area (Å²) < 4.78 is 25.4. The molecule has 0 bridgehead atoms. The number of rotatable bonds is 4. The summed E-state index contributed by atoms with van der Waals surface area (Å²) in [5.41, 5.74) is 0.264. The van der Waals surface area contributed by atoms with Crippen LogP contribution in [0.2, 0.25) is 5.02 Å². The Morgan fingerprint density at radius 3 is 2.71 bits per heavy atom. The van der Waals surface area contributed by atoms with E-state index in [0.29, 0.717) is 11.9 Å². The van der Waals surface area contributed by atoms with E-state index in [1.165, 1.54) is 29.6 Å². The van der Waals surface area contributed by atoms with Crippen molar-refractivity contribution in [2.24, 2.45) is 0 Å². The molecule has 0 saturated carbocycles. The fourth-order valence-corrected chi connectivity index (χ4v) is 3.61. The van der Waals surface area contributed by atoms with Gasteiger partial charge in [-0.3, -0.25) is 0 Å². The summed E-state index contributed by atoms with van der Waals surface area (Å²) in [4.78, 5) is -0.0401. The van der Waals surface area contributed by atoms with E-state index in [4.69, 9.17) is 16.9 Å². The highest BCUT2D eigenvalue weighted by Gasteiger charge is 2.23. The predicted octanol–water partition coefficient (Wildman–Crippen LogP) is 2.23. The molecule has 0 aliphatic heterocycles. The molecule has 0 saturated heterocycles. The van der Waals surface area contributed by atoms with Crippen molar-refractivity contribution in [1.82, 2.24) is 4.31 Å². The molecular formula is C10H10BrClN2O2S. The van der Waals surface area contributed by atoms with Gasteiger partial charge in [-0.1, -0.05) is 27.5 Å². The fourth-order valence-electron chi connectivity index (χ4n) is 1.18. The largest absolute Gasteiger partial charge is 0.244 e. The second-order valence-electron chi connectivity index (χ2n) is 3.27. The quantitative estimate of drug-likeness (QED) is 0.792. The Balaban J connectivity index is 3.28. The van der Waals surface area contributed by atoms with E-state index < -0.39 is 10.0 Å². The number of nitriles is 1. The Bertz CT molecular complexity index is 554. The topological polar surface area (TPSA) is 61.2 Å². The van der Waals surface area contributed by atoms with Gasteiger partial charge in [0, 0.05) is 18.9 Å². The monoisotopic (exact) mass is 336 g/mol. The van der Waals surface area contributed by atoms with Crippen molar-refractivity contribution in [1.29, 1.82) is 5.26 Å². The Kier molecular flexibility index (Phi) is 4.95. The highest BCUT2D eigenvalue weighted by molar-refractivity contribution is 9.09. The summed E-state index contributed by atoms with van der Waals surface area (Å²) >= 11 is 9.03. The average Bonchev–Trinajstić information content (AvgIpc) is 2.29. The van der Waals surface area contributed by atoms with Gasteiger partial charge in [0.2, 0.25) is 10.0 Å². The van der Waals surface area contributed by atoms with Crippen molar-refractivity contribution in [2.45, 2.75) is 4.90 Å². The van der Waals surface area contributed by atoms with Crippen LogP contribution in [0.5, 0.6) is 0 Å². The zero-order valence-corrected chi connectivity index (χ0v) is 12.2. The van der Waals surface area contributed by atoms with E-state index in [2.05, 4.69) is 15.9 Å². The number of halogens is 2. The van der Waals surface area contributed by atoms with Crippen LogP contribution in [0.4, 0.5) is 0 Å². The maximum Gasteiger partial charge on any atom is 0.244 e. The molecule has 1 aromatic carbocycles. The minimum absolute atomic E-state index is 0.0401. The SMILES string of the molecule is CN(CCBr)S(=O)(=O)c1cc(C#N)ccc1Cl. The van der Waals surface area contributed by atoms with E-state index in [0.717, 1.165) is 0 Å². The Morgan fingerprint density at radius 1 is 1.53 bits per heavy atom. The molecule has 7 heteroatoms. The summed E-state index contributed by atoms with van der Waals surface area (Å²) in [6.07, 6.45) is 0. The van der Waals surface area contributed by atoms with Crippen LogP contribution in [0, 0.1) is 11.3 Å². The number of hydrogen-bond acceptors (Lipinski definition) is 3. The van der Waals surface area contributed by atoms with Crippen LogP contribution < -0.4 is 0 Å². The average molecular weight is 338 g/mol.